The molecule has 0 saturated carbocycles. The summed E-state index contributed by atoms with van der Waals surface area (Å²) < 4.78 is 35.2. The summed E-state index contributed by atoms with van der Waals surface area (Å²) >= 11 is 0. The number of sulfonamides is 1. The van der Waals surface area contributed by atoms with Crippen LogP contribution in [0.15, 0.2) is 60.0 Å². The molecule has 0 aliphatic heterocycles. The Kier molecular flexibility index (Phi) is 4.82. The first-order valence-corrected chi connectivity index (χ1v) is 9.11. The quantitative estimate of drug-likeness (QED) is 0.668. The Hall–Kier alpha value is -2.38. The highest BCUT2D eigenvalue weighted by molar-refractivity contribution is 7.89. The Morgan fingerprint density at radius 1 is 1.17 bits per heavy atom. The third-order valence-electron chi connectivity index (χ3n) is 3.80. The molecule has 126 valence electrons. The van der Waals surface area contributed by atoms with Crippen molar-refractivity contribution in [2.45, 2.75) is 17.9 Å². The van der Waals surface area contributed by atoms with Gasteiger partial charge in [0.25, 0.3) is 0 Å². The number of hydrogen-bond donors (Lipinski definition) is 1. The number of imidazole rings is 1. The van der Waals surface area contributed by atoms with Crippen LogP contribution in [-0.2, 0) is 16.6 Å². The van der Waals surface area contributed by atoms with Gasteiger partial charge >= 0.3 is 0 Å². The number of rotatable bonds is 7. The highest BCUT2D eigenvalue weighted by Gasteiger charge is 2.18. The highest BCUT2D eigenvalue weighted by Crippen LogP contribution is 2.30. The van der Waals surface area contributed by atoms with E-state index < -0.39 is 10.0 Å². The third kappa shape index (κ3) is 3.42. The van der Waals surface area contributed by atoms with Crippen molar-refractivity contribution in [1.82, 2.24) is 14.3 Å². The van der Waals surface area contributed by atoms with Crippen LogP contribution in [0, 0.1) is 0 Å². The third-order valence-corrected chi connectivity index (χ3v) is 5.32. The summed E-state index contributed by atoms with van der Waals surface area (Å²) in [6.45, 7) is 1.08. The van der Waals surface area contributed by atoms with Crippen molar-refractivity contribution in [2.75, 3.05) is 13.7 Å². The van der Waals surface area contributed by atoms with Crippen LogP contribution in [0.25, 0.3) is 10.8 Å². The van der Waals surface area contributed by atoms with Crippen molar-refractivity contribution < 1.29 is 13.2 Å². The van der Waals surface area contributed by atoms with E-state index in [1.54, 1.807) is 37.8 Å². The number of nitrogens with zero attached hydrogens (tertiary/aromatic N) is 2. The molecule has 7 heteroatoms. The number of hydrogen-bond acceptors (Lipinski definition) is 4. The molecule has 6 nitrogen and oxygen atoms in total. The van der Waals surface area contributed by atoms with Crippen LogP contribution in [0.3, 0.4) is 0 Å². The number of ether oxygens (including phenoxy) is 1. The van der Waals surface area contributed by atoms with Crippen LogP contribution in [0.2, 0.25) is 0 Å². The molecular weight excluding hydrogens is 326 g/mol. The van der Waals surface area contributed by atoms with E-state index in [0.717, 1.165) is 5.39 Å². The molecule has 0 amide bonds. The first-order valence-electron chi connectivity index (χ1n) is 7.63. The van der Waals surface area contributed by atoms with E-state index in [1.807, 2.05) is 29.0 Å². The molecule has 1 aromatic heterocycles. The second-order valence-corrected chi connectivity index (χ2v) is 7.10. The zero-order valence-electron chi connectivity index (χ0n) is 13.3. The van der Waals surface area contributed by atoms with Gasteiger partial charge in [0.1, 0.15) is 5.75 Å². The number of benzene rings is 2. The SMILES string of the molecule is COc1ccc(S(=O)(=O)NCCCn2ccnc2)c2ccccc12. The van der Waals surface area contributed by atoms with Crippen molar-refractivity contribution in [3.8, 4) is 5.75 Å². The fraction of sp³-hybridized carbons (Fsp3) is 0.235. The molecule has 2 aromatic carbocycles. The topological polar surface area (TPSA) is 73.2 Å². The van der Waals surface area contributed by atoms with E-state index >= 15 is 0 Å². The second kappa shape index (κ2) is 7.02. The van der Waals surface area contributed by atoms with Crippen molar-refractivity contribution >= 4 is 20.8 Å². The molecule has 1 heterocycles. The molecule has 3 aromatic rings. The van der Waals surface area contributed by atoms with Gasteiger partial charge in [-0.25, -0.2) is 18.1 Å². The predicted octanol–water partition coefficient (Wildman–Crippen LogP) is 2.41. The minimum Gasteiger partial charge on any atom is -0.496 e. The monoisotopic (exact) mass is 345 g/mol. The van der Waals surface area contributed by atoms with Crippen LogP contribution < -0.4 is 9.46 Å². The van der Waals surface area contributed by atoms with Gasteiger partial charge in [0.2, 0.25) is 10.0 Å². The molecule has 24 heavy (non-hydrogen) atoms. The Balaban J connectivity index is 1.78. The van der Waals surface area contributed by atoms with Crippen LogP contribution >= 0.6 is 0 Å². The number of fused-ring (bicyclic) bond motifs is 1. The van der Waals surface area contributed by atoms with Crippen molar-refractivity contribution in [3.05, 3.63) is 55.1 Å². The first kappa shape index (κ1) is 16.5. The molecule has 0 atom stereocenters. The van der Waals surface area contributed by atoms with E-state index in [2.05, 4.69) is 9.71 Å². The lowest BCUT2D eigenvalue weighted by Crippen LogP contribution is -2.25. The Bertz CT molecular complexity index is 921. The van der Waals surface area contributed by atoms with Crippen LogP contribution in [0.1, 0.15) is 6.42 Å². The standard InChI is InChI=1S/C17H19N3O3S/c1-23-16-7-8-17(15-6-3-2-5-14(15)16)24(21,22)19-9-4-11-20-12-10-18-13-20/h2-3,5-8,10,12-13,19H,4,9,11H2,1H3. The summed E-state index contributed by atoms with van der Waals surface area (Å²) in [5.74, 6) is 0.657. The maximum atomic E-state index is 12.6. The normalized spacial score (nSPS) is 11.7. The van der Waals surface area contributed by atoms with E-state index in [9.17, 15) is 8.42 Å². The summed E-state index contributed by atoms with van der Waals surface area (Å²) in [5.41, 5.74) is 0. The maximum Gasteiger partial charge on any atom is 0.241 e. The number of aromatic nitrogens is 2. The second-order valence-electron chi connectivity index (χ2n) is 5.36. The smallest absolute Gasteiger partial charge is 0.241 e. The molecule has 0 radical (unpaired) electrons. The summed E-state index contributed by atoms with van der Waals surface area (Å²) in [6, 6.07) is 10.6. The van der Waals surface area contributed by atoms with E-state index in [-0.39, 0.29) is 4.90 Å². The van der Waals surface area contributed by atoms with Gasteiger partial charge in [-0.3, -0.25) is 0 Å². The molecule has 1 N–H and O–H groups in total. The van der Waals surface area contributed by atoms with Gasteiger partial charge < -0.3 is 9.30 Å². The zero-order valence-corrected chi connectivity index (χ0v) is 14.2. The fourth-order valence-electron chi connectivity index (χ4n) is 2.62. The summed E-state index contributed by atoms with van der Waals surface area (Å²) in [6.07, 6.45) is 5.95. The van der Waals surface area contributed by atoms with Gasteiger partial charge in [-0.05, 0) is 18.6 Å². The van der Waals surface area contributed by atoms with Gasteiger partial charge in [0.05, 0.1) is 18.3 Å². The summed E-state index contributed by atoms with van der Waals surface area (Å²) in [5, 5.41) is 1.43. The van der Waals surface area contributed by atoms with Crippen molar-refractivity contribution in [2.24, 2.45) is 0 Å². The molecule has 0 aliphatic rings. The van der Waals surface area contributed by atoms with Gasteiger partial charge in [0, 0.05) is 36.3 Å². The average molecular weight is 345 g/mol. The van der Waals surface area contributed by atoms with Crippen LogP contribution in [-0.4, -0.2) is 31.6 Å². The Morgan fingerprint density at radius 2 is 1.96 bits per heavy atom. The zero-order chi connectivity index (χ0) is 17.0. The maximum absolute atomic E-state index is 12.6. The van der Waals surface area contributed by atoms with E-state index in [4.69, 9.17) is 4.74 Å². The lowest BCUT2D eigenvalue weighted by molar-refractivity contribution is 0.419. The predicted molar refractivity (Wildman–Crippen MR) is 92.5 cm³/mol. The van der Waals surface area contributed by atoms with Crippen LogP contribution in [0.5, 0.6) is 5.75 Å². The van der Waals surface area contributed by atoms with Crippen LogP contribution in [0.4, 0.5) is 0 Å². The molecular formula is C17H19N3O3S. The summed E-state index contributed by atoms with van der Waals surface area (Å²) in [4.78, 5) is 4.23. The lowest BCUT2D eigenvalue weighted by Gasteiger charge is -2.12. The van der Waals surface area contributed by atoms with Crippen molar-refractivity contribution in [3.63, 3.8) is 0 Å². The molecule has 0 saturated heterocycles. The van der Waals surface area contributed by atoms with Crippen molar-refractivity contribution in [1.29, 1.82) is 0 Å². The van der Waals surface area contributed by atoms with Gasteiger partial charge in [-0.15, -0.1) is 0 Å². The molecule has 0 bridgehead atoms. The largest absolute Gasteiger partial charge is 0.496 e. The molecule has 0 fully saturated rings. The Morgan fingerprint density at radius 3 is 2.67 bits per heavy atom. The van der Waals surface area contributed by atoms with Gasteiger partial charge in [0.15, 0.2) is 0 Å². The minimum absolute atomic E-state index is 0.265. The molecule has 3 rings (SSSR count). The summed E-state index contributed by atoms with van der Waals surface area (Å²) in [7, 11) is -2.01. The van der Waals surface area contributed by atoms with E-state index in [1.165, 1.54) is 0 Å². The number of methoxy groups -OCH3 is 1. The number of nitrogens with one attached hydrogen (secondary N) is 1. The molecule has 0 spiro atoms. The van der Waals surface area contributed by atoms with Gasteiger partial charge in [-0.2, -0.15) is 0 Å². The highest BCUT2D eigenvalue weighted by atomic mass is 32.2. The molecule has 0 aliphatic carbocycles. The Labute approximate surface area is 141 Å². The average Bonchev–Trinajstić information content (AvgIpc) is 3.11. The first-order chi connectivity index (χ1) is 11.6. The molecule has 0 unspecified atom stereocenters. The number of aryl methyl sites for hydroxylation is 1. The minimum atomic E-state index is -3.58. The lowest BCUT2D eigenvalue weighted by atomic mass is 10.1. The van der Waals surface area contributed by atoms with E-state index in [0.29, 0.717) is 30.6 Å². The van der Waals surface area contributed by atoms with Gasteiger partial charge in [-0.1, -0.05) is 24.3 Å². The fourth-order valence-corrected chi connectivity index (χ4v) is 3.90.